The van der Waals surface area contributed by atoms with Crippen LogP contribution < -0.4 is 11.1 Å². The Labute approximate surface area is 163 Å². The van der Waals surface area contributed by atoms with E-state index in [4.69, 9.17) is 5.73 Å². The van der Waals surface area contributed by atoms with E-state index in [2.05, 4.69) is 37.6 Å². The normalized spacial score (nSPS) is 21.1. The summed E-state index contributed by atoms with van der Waals surface area (Å²) in [5.74, 6) is 0.709. The van der Waals surface area contributed by atoms with Gasteiger partial charge in [0.1, 0.15) is 11.3 Å². The van der Waals surface area contributed by atoms with Crippen LogP contribution >= 0.6 is 0 Å². The molecular formula is C20H26FN7. The number of pyridine rings is 2. The lowest BCUT2D eigenvalue weighted by Gasteiger charge is -2.28. The number of halogens is 1. The third-order valence-corrected chi connectivity index (χ3v) is 5.75. The molecule has 28 heavy (non-hydrogen) atoms. The Kier molecular flexibility index (Phi) is 5.47. The maximum absolute atomic E-state index is 13.4. The van der Waals surface area contributed by atoms with Gasteiger partial charge >= 0.3 is 0 Å². The second-order valence-electron chi connectivity index (χ2n) is 7.80. The highest BCUT2D eigenvalue weighted by atomic mass is 19.1. The summed E-state index contributed by atoms with van der Waals surface area (Å²) in [6.45, 7) is 3.17. The molecule has 1 aliphatic carbocycles. The predicted octanol–water partition coefficient (Wildman–Crippen LogP) is 3.16. The van der Waals surface area contributed by atoms with Crippen LogP contribution in [0.15, 0.2) is 24.4 Å². The van der Waals surface area contributed by atoms with Crippen molar-refractivity contribution in [2.75, 3.05) is 12.3 Å². The molecule has 7 nitrogen and oxygen atoms in total. The minimum absolute atomic E-state index is 0.0268. The molecular weight excluding hydrogens is 357 g/mol. The SMILES string of the molecule is CC1CCC(NCCC(c2ccc(F)nc2)c2cc(N)nc3n[nH]nc23)CC1. The van der Waals surface area contributed by atoms with Gasteiger partial charge < -0.3 is 11.1 Å². The second-order valence-corrected chi connectivity index (χ2v) is 7.80. The first-order valence-electron chi connectivity index (χ1n) is 9.92. The summed E-state index contributed by atoms with van der Waals surface area (Å²) in [5, 5.41) is 14.7. The molecule has 0 bridgehead atoms. The number of aromatic amines is 1. The van der Waals surface area contributed by atoms with Crippen molar-refractivity contribution in [1.29, 1.82) is 0 Å². The molecule has 1 saturated carbocycles. The highest BCUT2D eigenvalue weighted by Gasteiger charge is 2.22. The number of nitrogens with one attached hydrogen (secondary N) is 2. The summed E-state index contributed by atoms with van der Waals surface area (Å²) in [7, 11) is 0. The Morgan fingerprint density at radius 1 is 1.25 bits per heavy atom. The van der Waals surface area contributed by atoms with Gasteiger partial charge in [-0.15, -0.1) is 5.10 Å². The monoisotopic (exact) mass is 383 g/mol. The van der Waals surface area contributed by atoms with Gasteiger partial charge in [0.25, 0.3) is 0 Å². The number of fused-ring (bicyclic) bond motifs is 1. The number of hydrogen-bond acceptors (Lipinski definition) is 6. The third-order valence-electron chi connectivity index (χ3n) is 5.75. The molecule has 1 atom stereocenters. The summed E-state index contributed by atoms with van der Waals surface area (Å²) in [6, 6.07) is 5.57. The fraction of sp³-hybridized carbons (Fsp3) is 0.500. The molecule has 0 spiro atoms. The largest absolute Gasteiger partial charge is 0.384 e. The van der Waals surface area contributed by atoms with Gasteiger partial charge in [0.2, 0.25) is 11.6 Å². The van der Waals surface area contributed by atoms with E-state index >= 15 is 0 Å². The van der Waals surface area contributed by atoms with E-state index < -0.39 is 5.95 Å². The minimum atomic E-state index is -0.488. The van der Waals surface area contributed by atoms with Crippen molar-refractivity contribution in [3.8, 4) is 0 Å². The lowest BCUT2D eigenvalue weighted by Crippen LogP contribution is -2.34. The van der Waals surface area contributed by atoms with Gasteiger partial charge in [-0.1, -0.05) is 13.0 Å². The summed E-state index contributed by atoms with van der Waals surface area (Å²) in [6.07, 6.45) is 7.42. The Morgan fingerprint density at radius 2 is 2.07 bits per heavy atom. The van der Waals surface area contributed by atoms with Crippen LogP contribution in [0.5, 0.6) is 0 Å². The Hall–Kier alpha value is -2.61. The lowest BCUT2D eigenvalue weighted by molar-refractivity contribution is 0.306. The average molecular weight is 383 g/mol. The molecule has 4 rings (SSSR count). The molecule has 1 aliphatic rings. The van der Waals surface area contributed by atoms with Crippen LogP contribution in [0.1, 0.15) is 56.1 Å². The van der Waals surface area contributed by atoms with Crippen molar-refractivity contribution >= 4 is 17.0 Å². The van der Waals surface area contributed by atoms with Crippen molar-refractivity contribution in [3.05, 3.63) is 41.5 Å². The van der Waals surface area contributed by atoms with Crippen molar-refractivity contribution in [1.82, 2.24) is 30.7 Å². The van der Waals surface area contributed by atoms with Gasteiger partial charge in [-0.25, -0.2) is 9.97 Å². The fourth-order valence-electron chi connectivity index (χ4n) is 4.14. The van der Waals surface area contributed by atoms with Crippen LogP contribution in [0.4, 0.5) is 10.2 Å². The Bertz CT molecular complexity index is 916. The molecule has 3 aromatic rings. The predicted molar refractivity (Wildman–Crippen MR) is 106 cm³/mol. The smallest absolute Gasteiger partial charge is 0.212 e. The standard InChI is InChI=1S/C20H26FN7/c1-12-2-5-14(6-3-12)23-9-8-15(13-4-7-17(21)24-11-13)16-10-18(22)25-20-19(16)26-28-27-20/h4,7,10-12,14-15,23H,2-3,5-6,8-9H2,1H3,(H3,22,25,26,27,28). The third kappa shape index (κ3) is 4.11. The first-order valence-corrected chi connectivity index (χ1v) is 9.92. The van der Waals surface area contributed by atoms with Gasteiger partial charge in [0.05, 0.1) is 0 Å². The zero-order valence-corrected chi connectivity index (χ0v) is 16.0. The van der Waals surface area contributed by atoms with Crippen molar-refractivity contribution in [2.24, 2.45) is 5.92 Å². The molecule has 0 amide bonds. The summed E-state index contributed by atoms with van der Waals surface area (Å²) < 4.78 is 13.4. The summed E-state index contributed by atoms with van der Waals surface area (Å²) in [5.41, 5.74) is 9.04. The highest BCUT2D eigenvalue weighted by molar-refractivity contribution is 5.77. The Balaban J connectivity index is 1.57. The number of aromatic nitrogens is 5. The zero-order chi connectivity index (χ0) is 19.5. The first kappa shape index (κ1) is 18.7. The Morgan fingerprint density at radius 3 is 2.82 bits per heavy atom. The minimum Gasteiger partial charge on any atom is -0.384 e. The van der Waals surface area contributed by atoms with Crippen molar-refractivity contribution < 1.29 is 4.39 Å². The lowest BCUT2D eigenvalue weighted by atomic mass is 9.86. The molecule has 8 heteroatoms. The van der Waals surface area contributed by atoms with E-state index in [1.165, 1.54) is 31.7 Å². The molecule has 1 unspecified atom stereocenters. The van der Waals surface area contributed by atoms with Crippen molar-refractivity contribution in [2.45, 2.75) is 51.0 Å². The van der Waals surface area contributed by atoms with Crippen LogP contribution in [0, 0.1) is 11.9 Å². The van der Waals surface area contributed by atoms with E-state index in [0.29, 0.717) is 23.0 Å². The second kappa shape index (κ2) is 8.18. The van der Waals surface area contributed by atoms with Crippen LogP contribution in [-0.4, -0.2) is 38.0 Å². The average Bonchev–Trinajstić information content (AvgIpc) is 3.15. The molecule has 0 saturated heterocycles. The molecule has 3 heterocycles. The zero-order valence-electron chi connectivity index (χ0n) is 16.0. The van der Waals surface area contributed by atoms with Gasteiger partial charge in [0.15, 0.2) is 0 Å². The van der Waals surface area contributed by atoms with E-state index in [-0.39, 0.29) is 5.92 Å². The first-order chi connectivity index (χ1) is 13.6. The topological polar surface area (TPSA) is 105 Å². The molecule has 0 aromatic carbocycles. The van der Waals surface area contributed by atoms with E-state index in [1.807, 2.05) is 6.07 Å². The number of anilines is 1. The van der Waals surface area contributed by atoms with Crippen LogP contribution in [0.25, 0.3) is 11.2 Å². The van der Waals surface area contributed by atoms with Gasteiger partial charge in [0, 0.05) is 18.2 Å². The number of nitrogens with zero attached hydrogens (tertiary/aromatic N) is 4. The number of nitrogen functional groups attached to an aromatic ring is 1. The van der Waals surface area contributed by atoms with E-state index in [0.717, 1.165) is 30.0 Å². The fourth-order valence-corrected chi connectivity index (χ4v) is 4.14. The number of rotatable bonds is 6. The van der Waals surface area contributed by atoms with E-state index in [1.54, 1.807) is 12.3 Å². The van der Waals surface area contributed by atoms with Gasteiger partial charge in [-0.2, -0.15) is 14.7 Å². The molecule has 1 fully saturated rings. The molecule has 0 aliphatic heterocycles. The van der Waals surface area contributed by atoms with Crippen LogP contribution in [0.3, 0.4) is 0 Å². The maximum Gasteiger partial charge on any atom is 0.212 e. The number of hydrogen-bond donors (Lipinski definition) is 3. The van der Waals surface area contributed by atoms with E-state index in [9.17, 15) is 4.39 Å². The molecule has 0 radical (unpaired) electrons. The maximum atomic E-state index is 13.4. The number of H-pyrrole nitrogens is 1. The molecule has 4 N–H and O–H groups in total. The summed E-state index contributed by atoms with van der Waals surface area (Å²) >= 11 is 0. The highest BCUT2D eigenvalue weighted by Crippen LogP contribution is 2.32. The number of nitrogens with two attached hydrogens (primary N) is 1. The molecule has 3 aromatic heterocycles. The molecule has 148 valence electrons. The van der Waals surface area contributed by atoms with Crippen LogP contribution in [0.2, 0.25) is 0 Å². The van der Waals surface area contributed by atoms with Gasteiger partial charge in [-0.3, -0.25) is 0 Å². The van der Waals surface area contributed by atoms with Crippen LogP contribution in [-0.2, 0) is 0 Å². The quantitative estimate of drug-likeness (QED) is 0.565. The summed E-state index contributed by atoms with van der Waals surface area (Å²) in [4.78, 5) is 8.07. The van der Waals surface area contributed by atoms with Crippen molar-refractivity contribution in [3.63, 3.8) is 0 Å². The van der Waals surface area contributed by atoms with Gasteiger partial charge in [-0.05, 0) is 67.8 Å².